The maximum atomic E-state index is 12.5. The van der Waals surface area contributed by atoms with Crippen molar-refractivity contribution in [1.29, 1.82) is 0 Å². The fraction of sp³-hybridized carbons (Fsp3) is 0.583. The predicted molar refractivity (Wildman–Crippen MR) is 67.6 cm³/mol. The van der Waals surface area contributed by atoms with Gasteiger partial charge in [-0.05, 0) is 19.9 Å². The molecular formula is C12H14ClF3N2O2. The summed E-state index contributed by atoms with van der Waals surface area (Å²) < 4.78 is 48.3. The van der Waals surface area contributed by atoms with Crippen molar-refractivity contribution < 1.29 is 22.6 Å². The van der Waals surface area contributed by atoms with Crippen LogP contribution in [-0.2, 0) is 15.7 Å². The lowest BCUT2D eigenvalue weighted by molar-refractivity contribution is -0.138. The number of aromatic nitrogens is 1. The second kappa shape index (κ2) is 5.38. The first-order chi connectivity index (χ1) is 9.17. The highest BCUT2D eigenvalue weighted by atomic mass is 35.5. The van der Waals surface area contributed by atoms with Gasteiger partial charge in [-0.25, -0.2) is 4.98 Å². The zero-order valence-corrected chi connectivity index (χ0v) is 11.7. The molecule has 112 valence electrons. The number of nitrogens with zero attached hydrogens (tertiary/aromatic N) is 1. The first-order valence-electron chi connectivity index (χ1n) is 5.96. The predicted octanol–water partition coefficient (Wildman–Crippen LogP) is 3.32. The Morgan fingerprint density at radius 2 is 2.20 bits per heavy atom. The van der Waals surface area contributed by atoms with Crippen LogP contribution in [-0.4, -0.2) is 30.0 Å². The zero-order valence-electron chi connectivity index (χ0n) is 10.9. The number of ether oxygens (including phenoxy) is 2. The lowest BCUT2D eigenvalue weighted by Gasteiger charge is -2.17. The fourth-order valence-electron chi connectivity index (χ4n) is 1.80. The van der Waals surface area contributed by atoms with Crippen molar-refractivity contribution in [2.45, 2.75) is 31.9 Å². The third-order valence-electron chi connectivity index (χ3n) is 2.73. The van der Waals surface area contributed by atoms with Gasteiger partial charge in [0, 0.05) is 12.7 Å². The van der Waals surface area contributed by atoms with E-state index in [1.54, 1.807) is 13.8 Å². The minimum atomic E-state index is -4.46. The lowest BCUT2D eigenvalue weighted by atomic mass is 10.2. The van der Waals surface area contributed by atoms with Gasteiger partial charge in [0.2, 0.25) is 0 Å². The molecule has 1 N–H and O–H groups in total. The topological polar surface area (TPSA) is 43.4 Å². The van der Waals surface area contributed by atoms with Crippen LogP contribution in [0.1, 0.15) is 19.4 Å². The highest BCUT2D eigenvalue weighted by Crippen LogP contribution is 2.32. The molecule has 0 radical (unpaired) electrons. The average molecular weight is 311 g/mol. The van der Waals surface area contributed by atoms with E-state index in [1.165, 1.54) is 0 Å². The van der Waals surface area contributed by atoms with Crippen molar-refractivity contribution in [3.05, 3.63) is 22.8 Å². The summed E-state index contributed by atoms with van der Waals surface area (Å²) in [6.07, 6.45) is -3.92. The Morgan fingerprint density at radius 3 is 2.70 bits per heavy atom. The summed E-state index contributed by atoms with van der Waals surface area (Å²) in [6, 6.07) is 0.840. The monoisotopic (exact) mass is 310 g/mol. The maximum absolute atomic E-state index is 12.5. The molecule has 0 bridgehead atoms. The summed E-state index contributed by atoms with van der Waals surface area (Å²) in [6.45, 7) is 4.33. The van der Waals surface area contributed by atoms with Crippen LogP contribution >= 0.6 is 11.6 Å². The van der Waals surface area contributed by atoms with Gasteiger partial charge >= 0.3 is 6.18 Å². The minimum Gasteiger partial charge on any atom is -0.366 e. The van der Waals surface area contributed by atoms with Gasteiger partial charge in [0.25, 0.3) is 0 Å². The summed E-state index contributed by atoms with van der Waals surface area (Å²) >= 11 is 5.78. The van der Waals surface area contributed by atoms with Crippen molar-refractivity contribution in [3.63, 3.8) is 0 Å². The van der Waals surface area contributed by atoms with Gasteiger partial charge in [-0.1, -0.05) is 11.6 Å². The summed E-state index contributed by atoms with van der Waals surface area (Å²) in [7, 11) is 0. The normalized spacial score (nSPS) is 22.0. The van der Waals surface area contributed by atoms with E-state index >= 15 is 0 Å². The second-order valence-electron chi connectivity index (χ2n) is 4.88. The van der Waals surface area contributed by atoms with Gasteiger partial charge in [0.1, 0.15) is 11.9 Å². The SMILES string of the molecule is CC1(C)OCC(CNc2ncc(C(F)(F)F)cc2Cl)O1. The van der Waals surface area contributed by atoms with Crippen LogP contribution in [0.3, 0.4) is 0 Å². The molecule has 1 saturated heterocycles. The number of pyridine rings is 1. The number of hydrogen-bond acceptors (Lipinski definition) is 4. The van der Waals surface area contributed by atoms with Gasteiger partial charge in [-0.2, -0.15) is 13.2 Å². The smallest absolute Gasteiger partial charge is 0.366 e. The van der Waals surface area contributed by atoms with E-state index in [0.29, 0.717) is 13.2 Å². The molecule has 1 aliphatic heterocycles. The number of halogens is 4. The molecule has 8 heteroatoms. The first-order valence-corrected chi connectivity index (χ1v) is 6.33. The molecule has 0 spiro atoms. The van der Waals surface area contributed by atoms with Crippen LogP contribution in [0, 0.1) is 0 Å². The Labute approximate surface area is 119 Å². The molecule has 0 saturated carbocycles. The molecule has 1 aromatic rings. The third-order valence-corrected chi connectivity index (χ3v) is 3.02. The number of rotatable bonds is 3. The van der Waals surface area contributed by atoms with E-state index in [1.807, 2.05) is 0 Å². The molecule has 0 aliphatic carbocycles. The Balaban J connectivity index is 1.97. The molecule has 0 amide bonds. The van der Waals surface area contributed by atoms with Gasteiger partial charge in [0.15, 0.2) is 5.79 Å². The number of anilines is 1. The maximum Gasteiger partial charge on any atom is 0.417 e. The van der Waals surface area contributed by atoms with E-state index in [-0.39, 0.29) is 16.9 Å². The molecule has 2 heterocycles. The minimum absolute atomic E-state index is 0.0852. The highest BCUT2D eigenvalue weighted by Gasteiger charge is 2.33. The molecule has 1 atom stereocenters. The molecule has 2 rings (SSSR count). The molecule has 0 aromatic carbocycles. The quantitative estimate of drug-likeness (QED) is 0.930. The number of alkyl halides is 3. The van der Waals surface area contributed by atoms with Crippen molar-refractivity contribution in [1.82, 2.24) is 4.98 Å². The molecule has 1 aliphatic rings. The zero-order chi connectivity index (χ0) is 15.0. The Hall–Kier alpha value is -1.05. The van der Waals surface area contributed by atoms with Crippen LogP contribution in [0.5, 0.6) is 0 Å². The standard InChI is InChI=1S/C12H14ClF3N2O2/c1-11(2)19-6-8(20-11)5-18-10-9(13)3-7(4-17-10)12(14,15)16/h3-4,8H,5-6H2,1-2H3,(H,17,18). The van der Waals surface area contributed by atoms with E-state index in [2.05, 4.69) is 10.3 Å². The first kappa shape index (κ1) is 15.3. The number of hydrogen-bond donors (Lipinski definition) is 1. The molecule has 20 heavy (non-hydrogen) atoms. The van der Waals surface area contributed by atoms with Crippen molar-refractivity contribution in [2.24, 2.45) is 0 Å². The molecule has 1 aromatic heterocycles. The van der Waals surface area contributed by atoms with Crippen molar-refractivity contribution in [3.8, 4) is 0 Å². The Morgan fingerprint density at radius 1 is 1.50 bits per heavy atom. The van der Waals surface area contributed by atoms with E-state index < -0.39 is 17.5 Å². The summed E-state index contributed by atoms with van der Waals surface area (Å²) in [5.74, 6) is -0.461. The average Bonchev–Trinajstić information content (AvgIpc) is 2.66. The summed E-state index contributed by atoms with van der Waals surface area (Å²) in [5.41, 5.74) is -0.880. The van der Waals surface area contributed by atoms with Crippen molar-refractivity contribution in [2.75, 3.05) is 18.5 Å². The van der Waals surface area contributed by atoms with Crippen LogP contribution < -0.4 is 5.32 Å². The number of nitrogens with one attached hydrogen (secondary N) is 1. The molecule has 1 fully saturated rings. The van der Waals surface area contributed by atoms with Gasteiger partial charge in [-0.15, -0.1) is 0 Å². The Kier molecular flexibility index (Phi) is 4.13. The van der Waals surface area contributed by atoms with Crippen LogP contribution in [0.4, 0.5) is 19.0 Å². The molecule has 1 unspecified atom stereocenters. The molecule has 4 nitrogen and oxygen atoms in total. The van der Waals surface area contributed by atoms with E-state index in [9.17, 15) is 13.2 Å². The second-order valence-corrected chi connectivity index (χ2v) is 5.29. The fourth-order valence-corrected chi connectivity index (χ4v) is 2.03. The molecular weight excluding hydrogens is 297 g/mol. The Bertz CT molecular complexity index is 494. The summed E-state index contributed by atoms with van der Waals surface area (Å²) in [4.78, 5) is 3.68. The van der Waals surface area contributed by atoms with Crippen LogP contribution in [0.25, 0.3) is 0 Å². The van der Waals surface area contributed by atoms with Gasteiger partial charge < -0.3 is 14.8 Å². The van der Waals surface area contributed by atoms with Gasteiger partial charge in [-0.3, -0.25) is 0 Å². The largest absolute Gasteiger partial charge is 0.417 e. The van der Waals surface area contributed by atoms with Crippen molar-refractivity contribution >= 4 is 17.4 Å². The van der Waals surface area contributed by atoms with Gasteiger partial charge in [0.05, 0.1) is 17.2 Å². The van der Waals surface area contributed by atoms with E-state index in [4.69, 9.17) is 21.1 Å². The van der Waals surface area contributed by atoms with Crippen LogP contribution in [0.2, 0.25) is 5.02 Å². The lowest BCUT2D eigenvalue weighted by Crippen LogP contribution is -2.26. The highest BCUT2D eigenvalue weighted by molar-refractivity contribution is 6.32. The van der Waals surface area contributed by atoms with Crippen LogP contribution in [0.15, 0.2) is 12.3 Å². The summed E-state index contributed by atoms with van der Waals surface area (Å²) in [5, 5.41) is 2.77. The third kappa shape index (κ3) is 3.74. The van der Waals surface area contributed by atoms with E-state index in [0.717, 1.165) is 12.3 Å².